The fourth-order valence-electron chi connectivity index (χ4n) is 1.18. The molecule has 0 bridgehead atoms. The average molecular weight is 160 g/mol. The predicted octanol–water partition coefficient (Wildman–Crippen LogP) is 2.97. The van der Waals surface area contributed by atoms with Crippen molar-refractivity contribution in [2.45, 2.75) is 13.8 Å². The number of nitrogens with zero attached hydrogens (tertiary/aromatic N) is 2. The Morgan fingerprint density at radius 3 is 1.50 bits per heavy atom. The van der Waals surface area contributed by atoms with Crippen LogP contribution in [0, 0.1) is 13.8 Å². The summed E-state index contributed by atoms with van der Waals surface area (Å²) in [5.41, 5.74) is 3.84. The summed E-state index contributed by atoms with van der Waals surface area (Å²) in [5.74, 6) is 0. The van der Waals surface area contributed by atoms with Crippen molar-refractivity contribution in [1.82, 2.24) is 0 Å². The fraction of sp³-hybridized carbons (Fsp3) is 0.200. The van der Waals surface area contributed by atoms with Crippen molar-refractivity contribution < 1.29 is 0 Å². The van der Waals surface area contributed by atoms with E-state index in [2.05, 4.69) is 23.4 Å². The first-order valence-electron chi connectivity index (χ1n) is 3.74. The normalized spacial score (nSPS) is 9.50. The van der Waals surface area contributed by atoms with Crippen LogP contribution in [-0.2, 0) is 0 Å². The van der Waals surface area contributed by atoms with E-state index in [4.69, 9.17) is 0 Å². The molecular weight excluding hydrogens is 148 g/mol. The van der Waals surface area contributed by atoms with Crippen LogP contribution in [0.25, 0.3) is 0 Å². The molecule has 12 heavy (non-hydrogen) atoms. The van der Waals surface area contributed by atoms with E-state index in [-0.39, 0.29) is 0 Å². The van der Waals surface area contributed by atoms with Crippen LogP contribution in [0.5, 0.6) is 0 Å². The van der Waals surface area contributed by atoms with Gasteiger partial charge in [0, 0.05) is 0 Å². The number of rotatable bonds is 2. The minimum absolute atomic E-state index is 0.838. The lowest BCUT2D eigenvalue weighted by Crippen LogP contribution is -1.79. The molecule has 0 aliphatic rings. The van der Waals surface area contributed by atoms with Gasteiger partial charge in [-0.15, -0.1) is 0 Å². The Bertz CT molecular complexity index is 294. The molecule has 0 saturated carbocycles. The van der Waals surface area contributed by atoms with Crippen LogP contribution in [0.4, 0.5) is 11.4 Å². The zero-order chi connectivity index (χ0) is 9.14. The van der Waals surface area contributed by atoms with Crippen LogP contribution in [0.2, 0.25) is 0 Å². The van der Waals surface area contributed by atoms with Gasteiger partial charge in [-0.1, -0.05) is 12.1 Å². The van der Waals surface area contributed by atoms with E-state index < -0.39 is 0 Å². The van der Waals surface area contributed by atoms with E-state index >= 15 is 0 Å². The van der Waals surface area contributed by atoms with Gasteiger partial charge < -0.3 is 0 Å². The Morgan fingerprint density at radius 1 is 0.917 bits per heavy atom. The summed E-state index contributed by atoms with van der Waals surface area (Å²) in [4.78, 5) is 7.84. The van der Waals surface area contributed by atoms with Gasteiger partial charge in [0.05, 0.1) is 11.4 Å². The Labute approximate surface area is 72.7 Å². The molecule has 0 unspecified atom stereocenters. The molecule has 1 aromatic rings. The van der Waals surface area contributed by atoms with E-state index in [1.807, 2.05) is 26.0 Å². The average Bonchev–Trinajstić information content (AvgIpc) is 2.08. The molecule has 0 spiro atoms. The highest BCUT2D eigenvalue weighted by Gasteiger charge is 2.04. The van der Waals surface area contributed by atoms with Crippen molar-refractivity contribution in [3.05, 3.63) is 23.3 Å². The zero-order valence-corrected chi connectivity index (χ0v) is 7.46. The molecule has 62 valence electrons. The molecular formula is C10H12N2. The van der Waals surface area contributed by atoms with Gasteiger partial charge in [0.1, 0.15) is 0 Å². The molecule has 1 aromatic carbocycles. The number of hydrogen-bond acceptors (Lipinski definition) is 2. The Morgan fingerprint density at radius 2 is 1.25 bits per heavy atom. The lowest BCUT2D eigenvalue weighted by atomic mass is 10.1. The smallest absolute Gasteiger partial charge is 0.0910 e. The lowest BCUT2D eigenvalue weighted by molar-refractivity contribution is 1.33. The SMILES string of the molecule is C=Nc1c(C)ccc(C)c1N=C. The highest BCUT2D eigenvalue weighted by molar-refractivity contribution is 5.73. The summed E-state index contributed by atoms with van der Waals surface area (Å²) in [6.07, 6.45) is 0. The van der Waals surface area contributed by atoms with Crippen LogP contribution in [-0.4, -0.2) is 13.4 Å². The minimum Gasteiger partial charge on any atom is -0.262 e. The molecule has 0 aromatic heterocycles. The molecule has 0 saturated heterocycles. The van der Waals surface area contributed by atoms with Crippen molar-refractivity contribution >= 4 is 24.8 Å². The van der Waals surface area contributed by atoms with Crippen molar-refractivity contribution in [3.63, 3.8) is 0 Å². The van der Waals surface area contributed by atoms with E-state index in [1.54, 1.807) is 0 Å². The molecule has 0 amide bonds. The third-order valence-electron chi connectivity index (χ3n) is 1.87. The molecule has 0 fully saturated rings. The first-order chi connectivity index (χ1) is 5.70. The quantitative estimate of drug-likeness (QED) is 0.594. The molecule has 0 atom stereocenters. The standard InChI is InChI=1S/C10H12N2/c1-7-5-6-8(2)10(12-4)9(7)11-3/h5-6H,3-4H2,1-2H3. The largest absolute Gasteiger partial charge is 0.262 e. The maximum atomic E-state index is 3.92. The van der Waals surface area contributed by atoms with Gasteiger partial charge in [0.15, 0.2) is 0 Å². The highest BCUT2D eigenvalue weighted by atomic mass is 14.8. The number of aliphatic imine (C=N–C) groups is 2. The van der Waals surface area contributed by atoms with Crippen LogP contribution >= 0.6 is 0 Å². The van der Waals surface area contributed by atoms with Crippen LogP contribution in [0.3, 0.4) is 0 Å². The van der Waals surface area contributed by atoms with Gasteiger partial charge in [-0.25, -0.2) is 0 Å². The minimum atomic E-state index is 0.838. The summed E-state index contributed by atoms with van der Waals surface area (Å²) >= 11 is 0. The second-order valence-electron chi connectivity index (χ2n) is 2.71. The molecule has 0 heterocycles. The van der Waals surface area contributed by atoms with Crippen LogP contribution < -0.4 is 0 Å². The first-order valence-corrected chi connectivity index (χ1v) is 3.74. The van der Waals surface area contributed by atoms with E-state index in [0.29, 0.717) is 0 Å². The van der Waals surface area contributed by atoms with E-state index in [9.17, 15) is 0 Å². The van der Waals surface area contributed by atoms with Gasteiger partial charge in [0.25, 0.3) is 0 Å². The lowest BCUT2D eigenvalue weighted by Gasteiger charge is -2.05. The van der Waals surface area contributed by atoms with Crippen molar-refractivity contribution in [1.29, 1.82) is 0 Å². The molecule has 0 N–H and O–H groups in total. The van der Waals surface area contributed by atoms with Gasteiger partial charge in [-0.05, 0) is 38.4 Å². The Kier molecular flexibility index (Phi) is 2.38. The van der Waals surface area contributed by atoms with Crippen molar-refractivity contribution in [3.8, 4) is 0 Å². The molecule has 0 radical (unpaired) electrons. The van der Waals surface area contributed by atoms with Crippen LogP contribution in [0.1, 0.15) is 11.1 Å². The summed E-state index contributed by atoms with van der Waals surface area (Å²) in [5, 5.41) is 0. The maximum Gasteiger partial charge on any atom is 0.0910 e. The summed E-state index contributed by atoms with van der Waals surface area (Å²) in [6.45, 7) is 11.0. The zero-order valence-electron chi connectivity index (χ0n) is 7.46. The van der Waals surface area contributed by atoms with Gasteiger partial charge in [0.2, 0.25) is 0 Å². The van der Waals surface area contributed by atoms with Gasteiger partial charge in [-0.3, -0.25) is 9.98 Å². The molecule has 0 aliphatic carbocycles. The number of hydrogen-bond donors (Lipinski definition) is 0. The molecule has 2 nitrogen and oxygen atoms in total. The Balaban J connectivity index is 3.48. The Hall–Kier alpha value is -1.44. The number of benzene rings is 1. The monoisotopic (exact) mass is 160 g/mol. The second-order valence-corrected chi connectivity index (χ2v) is 2.71. The first kappa shape index (κ1) is 8.65. The van der Waals surface area contributed by atoms with Crippen LogP contribution in [0.15, 0.2) is 22.1 Å². The predicted molar refractivity (Wildman–Crippen MR) is 54.3 cm³/mol. The summed E-state index contributed by atoms with van der Waals surface area (Å²) in [6, 6.07) is 4.02. The summed E-state index contributed by atoms with van der Waals surface area (Å²) < 4.78 is 0. The maximum absolute atomic E-state index is 3.92. The van der Waals surface area contributed by atoms with Gasteiger partial charge >= 0.3 is 0 Å². The van der Waals surface area contributed by atoms with Crippen molar-refractivity contribution in [2.75, 3.05) is 0 Å². The highest BCUT2D eigenvalue weighted by Crippen LogP contribution is 2.33. The third-order valence-corrected chi connectivity index (χ3v) is 1.87. The topological polar surface area (TPSA) is 24.7 Å². The molecule has 1 rings (SSSR count). The van der Waals surface area contributed by atoms with Gasteiger partial charge in [-0.2, -0.15) is 0 Å². The van der Waals surface area contributed by atoms with E-state index in [0.717, 1.165) is 22.5 Å². The second kappa shape index (κ2) is 3.30. The number of aryl methyl sites for hydroxylation is 2. The third kappa shape index (κ3) is 1.28. The summed E-state index contributed by atoms with van der Waals surface area (Å²) in [7, 11) is 0. The van der Waals surface area contributed by atoms with E-state index in [1.165, 1.54) is 0 Å². The van der Waals surface area contributed by atoms with Crippen molar-refractivity contribution in [2.24, 2.45) is 9.98 Å². The molecule has 0 aliphatic heterocycles. The molecule has 2 heteroatoms. The fourth-order valence-corrected chi connectivity index (χ4v) is 1.18.